The fourth-order valence-corrected chi connectivity index (χ4v) is 2.60. The summed E-state index contributed by atoms with van der Waals surface area (Å²) >= 11 is 0. The molecule has 0 fully saturated rings. The lowest BCUT2D eigenvalue weighted by molar-refractivity contribution is 0.0504. The molecule has 0 atom stereocenters. The van der Waals surface area contributed by atoms with E-state index in [-0.39, 0.29) is 18.5 Å². The van der Waals surface area contributed by atoms with Crippen molar-refractivity contribution in [2.45, 2.75) is 40.5 Å². The van der Waals surface area contributed by atoms with Gasteiger partial charge in [0.05, 0.1) is 17.9 Å². The van der Waals surface area contributed by atoms with E-state index in [1.807, 2.05) is 27.7 Å². The number of esters is 1. The summed E-state index contributed by atoms with van der Waals surface area (Å²) in [5, 5.41) is 4.28. The Morgan fingerprint density at radius 1 is 1.12 bits per heavy atom. The van der Waals surface area contributed by atoms with Gasteiger partial charge in [-0.1, -0.05) is 13.8 Å². The molecule has 0 radical (unpaired) electrons. The van der Waals surface area contributed by atoms with Crippen LogP contribution in [-0.2, 0) is 11.2 Å². The van der Waals surface area contributed by atoms with Gasteiger partial charge in [0.25, 0.3) is 5.91 Å². The molecule has 0 bridgehead atoms. The van der Waals surface area contributed by atoms with Gasteiger partial charge in [0, 0.05) is 5.69 Å². The first-order valence-corrected chi connectivity index (χ1v) is 8.46. The second kappa shape index (κ2) is 8.46. The number of ether oxygens (including phenoxy) is 2. The van der Waals surface area contributed by atoms with Crippen LogP contribution in [0.2, 0.25) is 0 Å². The van der Waals surface area contributed by atoms with E-state index in [4.69, 9.17) is 9.47 Å². The average molecular weight is 344 g/mol. The minimum absolute atomic E-state index is 0.120. The van der Waals surface area contributed by atoms with Crippen LogP contribution in [0.25, 0.3) is 0 Å². The van der Waals surface area contributed by atoms with Gasteiger partial charge in [-0.2, -0.15) is 5.10 Å². The van der Waals surface area contributed by atoms with Gasteiger partial charge in [0.2, 0.25) is 0 Å². The highest BCUT2D eigenvalue weighted by atomic mass is 16.5. The van der Waals surface area contributed by atoms with Crippen molar-refractivity contribution in [1.82, 2.24) is 9.78 Å². The zero-order chi connectivity index (χ0) is 18.4. The predicted octanol–water partition coefficient (Wildman–Crippen LogP) is 3.35. The molecule has 1 heterocycles. The number of aromatic nitrogens is 2. The minimum atomic E-state index is -0.362. The third-order valence-electron chi connectivity index (χ3n) is 3.92. The van der Waals surface area contributed by atoms with Crippen LogP contribution in [0.1, 0.15) is 52.4 Å². The smallest absolute Gasteiger partial charge is 0.338 e. The highest BCUT2D eigenvalue weighted by Gasteiger charge is 2.16. The molecule has 0 aliphatic rings. The maximum Gasteiger partial charge on any atom is 0.338 e. The summed E-state index contributed by atoms with van der Waals surface area (Å²) < 4.78 is 12.0. The Labute approximate surface area is 147 Å². The molecule has 134 valence electrons. The molecule has 6 heteroatoms. The number of hydrogen-bond donors (Lipinski definition) is 0. The fourth-order valence-electron chi connectivity index (χ4n) is 2.60. The second-order valence-electron chi connectivity index (χ2n) is 5.76. The summed E-state index contributed by atoms with van der Waals surface area (Å²) in [6, 6.07) is 6.54. The molecule has 1 aromatic carbocycles. The van der Waals surface area contributed by atoms with Gasteiger partial charge in [-0.15, -0.1) is 0 Å². The lowest BCUT2D eigenvalue weighted by Gasteiger charge is -2.08. The number of hydrogen-bond acceptors (Lipinski definition) is 5. The predicted molar refractivity (Wildman–Crippen MR) is 94.2 cm³/mol. The summed E-state index contributed by atoms with van der Waals surface area (Å²) in [7, 11) is 0. The average Bonchev–Trinajstić information content (AvgIpc) is 2.91. The summed E-state index contributed by atoms with van der Waals surface area (Å²) in [5.41, 5.74) is 3.26. The highest BCUT2D eigenvalue weighted by Crippen LogP contribution is 2.15. The first kappa shape index (κ1) is 18.7. The molecule has 0 amide bonds. The Morgan fingerprint density at radius 3 is 2.36 bits per heavy atom. The first-order valence-electron chi connectivity index (χ1n) is 8.46. The Hall–Kier alpha value is -2.63. The van der Waals surface area contributed by atoms with E-state index in [2.05, 4.69) is 5.10 Å². The molecule has 1 aromatic heterocycles. The Balaban J connectivity index is 1.97. The zero-order valence-corrected chi connectivity index (χ0v) is 15.2. The van der Waals surface area contributed by atoms with Gasteiger partial charge in [-0.05, 0) is 56.5 Å². The molecule has 2 aromatic rings. The fraction of sp³-hybridized carbons (Fsp3) is 0.421. The number of aryl methyl sites for hydroxylation is 1. The molecule has 0 spiro atoms. The van der Waals surface area contributed by atoms with Crippen LogP contribution in [0, 0.1) is 13.8 Å². The van der Waals surface area contributed by atoms with Gasteiger partial charge in [-0.3, -0.25) is 4.79 Å². The highest BCUT2D eigenvalue weighted by molar-refractivity contribution is 5.89. The van der Waals surface area contributed by atoms with Crippen molar-refractivity contribution in [2.75, 3.05) is 13.2 Å². The number of carbonyl (C=O) groups is 2. The topological polar surface area (TPSA) is 70.4 Å². The molecule has 2 rings (SSSR count). The number of nitrogens with zero attached hydrogens (tertiary/aromatic N) is 2. The van der Waals surface area contributed by atoms with Gasteiger partial charge in [-0.25, -0.2) is 9.48 Å². The van der Waals surface area contributed by atoms with Crippen molar-refractivity contribution < 1.29 is 19.1 Å². The largest absolute Gasteiger partial charge is 0.484 e. The van der Waals surface area contributed by atoms with Crippen LogP contribution in [0.5, 0.6) is 5.75 Å². The maximum atomic E-state index is 12.3. The summed E-state index contributed by atoms with van der Waals surface area (Å²) in [5.74, 6) is -0.0800. The van der Waals surface area contributed by atoms with E-state index < -0.39 is 0 Å². The van der Waals surface area contributed by atoms with Gasteiger partial charge < -0.3 is 9.47 Å². The maximum absolute atomic E-state index is 12.3. The standard InChI is InChI=1S/C19H24N2O4/c1-5-11-24-19(23)15-7-9-16(10-8-15)25-12-18(22)21-14(4)17(6-2)13(3)20-21/h7-10H,5-6,11-12H2,1-4H3. The molecule has 25 heavy (non-hydrogen) atoms. The van der Waals surface area contributed by atoms with Gasteiger partial charge in [0.15, 0.2) is 6.61 Å². The Kier molecular flexibility index (Phi) is 6.33. The van der Waals surface area contributed by atoms with Crippen LogP contribution >= 0.6 is 0 Å². The van der Waals surface area contributed by atoms with Crippen LogP contribution < -0.4 is 4.74 Å². The van der Waals surface area contributed by atoms with Crippen molar-refractivity contribution in [3.05, 3.63) is 46.8 Å². The summed E-state index contributed by atoms with van der Waals surface area (Å²) in [4.78, 5) is 24.1. The number of carbonyl (C=O) groups excluding carboxylic acids is 2. The van der Waals surface area contributed by atoms with Gasteiger partial charge >= 0.3 is 5.97 Å². The molecule has 0 saturated heterocycles. The summed E-state index contributed by atoms with van der Waals surface area (Å²) in [6.45, 7) is 8.03. The van der Waals surface area contributed by atoms with Gasteiger partial charge in [0.1, 0.15) is 5.75 Å². The van der Waals surface area contributed by atoms with Crippen molar-refractivity contribution in [3.8, 4) is 5.75 Å². The summed E-state index contributed by atoms with van der Waals surface area (Å²) in [6.07, 6.45) is 1.61. The molecule has 0 N–H and O–H groups in total. The van der Waals surface area contributed by atoms with Crippen molar-refractivity contribution >= 4 is 11.9 Å². The number of benzene rings is 1. The van der Waals surface area contributed by atoms with Crippen LogP contribution in [0.15, 0.2) is 24.3 Å². The lowest BCUT2D eigenvalue weighted by Crippen LogP contribution is -2.21. The molecular formula is C19H24N2O4. The molecular weight excluding hydrogens is 320 g/mol. The third-order valence-corrected chi connectivity index (χ3v) is 3.92. The lowest BCUT2D eigenvalue weighted by atomic mass is 10.1. The molecule has 0 unspecified atom stereocenters. The minimum Gasteiger partial charge on any atom is -0.484 e. The monoisotopic (exact) mass is 344 g/mol. The Bertz CT molecular complexity index is 748. The van der Waals surface area contributed by atoms with E-state index in [0.717, 1.165) is 29.8 Å². The SMILES string of the molecule is CCCOC(=O)c1ccc(OCC(=O)n2nc(C)c(CC)c2C)cc1. The van der Waals surface area contributed by atoms with Crippen molar-refractivity contribution in [1.29, 1.82) is 0 Å². The van der Waals surface area contributed by atoms with E-state index >= 15 is 0 Å². The van der Waals surface area contributed by atoms with Crippen LogP contribution in [0.4, 0.5) is 0 Å². The number of rotatable bonds is 7. The quantitative estimate of drug-likeness (QED) is 0.720. The first-order chi connectivity index (χ1) is 12.0. The zero-order valence-electron chi connectivity index (χ0n) is 15.2. The van der Waals surface area contributed by atoms with Crippen molar-refractivity contribution in [3.63, 3.8) is 0 Å². The Morgan fingerprint density at radius 2 is 1.80 bits per heavy atom. The van der Waals surface area contributed by atoms with E-state index in [9.17, 15) is 9.59 Å². The normalized spacial score (nSPS) is 10.6. The van der Waals surface area contributed by atoms with Crippen molar-refractivity contribution in [2.24, 2.45) is 0 Å². The second-order valence-corrected chi connectivity index (χ2v) is 5.76. The molecule has 0 saturated carbocycles. The van der Waals surface area contributed by atoms with E-state index in [1.54, 1.807) is 24.3 Å². The third kappa shape index (κ3) is 4.47. The van der Waals surface area contributed by atoms with E-state index in [0.29, 0.717) is 17.9 Å². The molecule has 0 aliphatic carbocycles. The van der Waals surface area contributed by atoms with Crippen LogP contribution in [-0.4, -0.2) is 34.9 Å². The van der Waals surface area contributed by atoms with Crippen LogP contribution in [0.3, 0.4) is 0 Å². The molecule has 6 nitrogen and oxygen atoms in total. The van der Waals surface area contributed by atoms with E-state index in [1.165, 1.54) is 4.68 Å². The molecule has 0 aliphatic heterocycles.